The number of hydrogen-bond donors (Lipinski definition) is 2. The molecule has 0 saturated carbocycles. The van der Waals surface area contributed by atoms with Gasteiger partial charge in [-0.2, -0.15) is 0 Å². The van der Waals surface area contributed by atoms with Crippen LogP contribution in [0.2, 0.25) is 0 Å². The van der Waals surface area contributed by atoms with Crippen LogP contribution in [0.5, 0.6) is 0 Å². The van der Waals surface area contributed by atoms with E-state index in [0.717, 1.165) is 31.5 Å². The third kappa shape index (κ3) is 3.90. The number of nitrogens with one attached hydrogen (secondary N) is 1. The van der Waals surface area contributed by atoms with Crippen molar-refractivity contribution in [1.82, 2.24) is 19.8 Å². The van der Waals surface area contributed by atoms with Gasteiger partial charge in [-0.15, -0.1) is 0 Å². The summed E-state index contributed by atoms with van der Waals surface area (Å²) in [5.74, 6) is 0. The maximum atomic E-state index is 12.2. The monoisotopic (exact) mass is 314 g/mol. The minimum atomic E-state index is -0.0958. The summed E-state index contributed by atoms with van der Waals surface area (Å²) in [6.45, 7) is 2.01. The molecule has 23 heavy (non-hydrogen) atoms. The highest BCUT2D eigenvalue weighted by molar-refractivity contribution is 5.74. The molecular formula is C17H22N4O2. The Morgan fingerprint density at radius 2 is 2.26 bits per heavy atom. The van der Waals surface area contributed by atoms with Gasteiger partial charge in [0.25, 0.3) is 0 Å². The Morgan fingerprint density at radius 1 is 1.39 bits per heavy atom. The van der Waals surface area contributed by atoms with E-state index in [-0.39, 0.29) is 18.7 Å². The molecule has 1 aliphatic heterocycles. The number of imidazole rings is 1. The fourth-order valence-electron chi connectivity index (χ4n) is 3.00. The maximum absolute atomic E-state index is 12.2. The summed E-state index contributed by atoms with van der Waals surface area (Å²) in [4.78, 5) is 18.0. The van der Waals surface area contributed by atoms with E-state index in [9.17, 15) is 9.90 Å². The second-order valence-electron chi connectivity index (χ2n) is 5.89. The molecule has 0 bridgehead atoms. The van der Waals surface area contributed by atoms with Gasteiger partial charge in [-0.3, -0.25) is 0 Å². The minimum Gasteiger partial charge on any atom is -0.394 e. The summed E-state index contributed by atoms with van der Waals surface area (Å²) in [5.41, 5.74) is 2.24. The van der Waals surface area contributed by atoms with Crippen LogP contribution in [0.25, 0.3) is 0 Å². The Bertz CT molecular complexity index is 642. The predicted molar refractivity (Wildman–Crippen MR) is 86.8 cm³/mol. The zero-order valence-electron chi connectivity index (χ0n) is 13.1. The van der Waals surface area contributed by atoms with Crippen molar-refractivity contribution in [3.05, 3.63) is 54.1 Å². The Hall–Kier alpha value is -2.34. The van der Waals surface area contributed by atoms with Gasteiger partial charge in [-0.1, -0.05) is 24.3 Å². The Kier molecular flexibility index (Phi) is 4.92. The van der Waals surface area contributed by atoms with Crippen molar-refractivity contribution < 1.29 is 9.90 Å². The first kappa shape index (κ1) is 15.6. The van der Waals surface area contributed by atoms with Crippen LogP contribution in [0.4, 0.5) is 4.79 Å². The van der Waals surface area contributed by atoms with Crippen LogP contribution >= 0.6 is 0 Å². The highest BCUT2D eigenvalue weighted by Crippen LogP contribution is 2.16. The zero-order valence-corrected chi connectivity index (χ0v) is 13.1. The summed E-state index contributed by atoms with van der Waals surface area (Å²) in [6.07, 6.45) is 7.31. The highest BCUT2D eigenvalue weighted by Gasteiger charge is 2.27. The molecule has 6 heteroatoms. The molecule has 1 atom stereocenters. The number of aromatic nitrogens is 2. The summed E-state index contributed by atoms with van der Waals surface area (Å²) >= 11 is 0. The lowest BCUT2D eigenvalue weighted by atomic mass is 10.1. The van der Waals surface area contributed by atoms with Crippen molar-refractivity contribution in [3.63, 3.8) is 0 Å². The molecule has 6 nitrogen and oxygen atoms in total. The number of urea groups is 1. The summed E-state index contributed by atoms with van der Waals surface area (Å²) < 4.78 is 2.01. The predicted octanol–water partition coefficient (Wildman–Crippen LogP) is 1.60. The van der Waals surface area contributed by atoms with Gasteiger partial charge in [-0.05, 0) is 24.0 Å². The topological polar surface area (TPSA) is 70.4 Å². The van der Waals surface area contributed by atoms with Gasteiger partial charge in [0.1, 0.15) is 0 Å². The van der Waals surface area contributed by atoms with Crippen molar-refractivity contribution in [2.45, 2.75) is 32.0 Å². The normalized spacial score (nSPS) is 17.4. The van der Waals surface area contributed by atoms with Crippen molar-refractivity contribution in [3.8, 4) is 0 Å². The lowest BCUT2D eigenvalue weighted by molar-refractivity contribution is 0.157. The number of carbonyl (C=O) groups is 1. The molecule has 2 aromatic rings. The van der Waals surface area contributed by atoms with Crippen LogP contribution in [0.15, 0.2) is 43.0 Å². The molecule has 2 heterocycles. The molecule has 1 unspecified atom stereocenters. The molecule has 0 aliphatic carbocycles. The van der Waals surface area contributed by atoms with Crippen molar-refractivity contribution in [2.75, 3.05) is 13.2 Å². The number of amides is 2. The number of nitrogens with zero attached hydrogens (tertiary/aromatic N) is 3. The van der Waals surface area contributed by atoms with E-state index in [1.165, 1.54) is 5.56 Å². The van der Waals surface area contributed by atoms with E-state index in [1.807, 2.05) is 22.9 Å². The third-order valence-electron chi connectivity index (χ3n) is 4.21. The fourth-order valence-corrected chi connectivity index (χ4v) is 3.00. The number of aliphatic hydroxyl groups is 1. The number of carbonyl (C=O) groups excluding carboxylic acids is 1. The lowest BCUT2D eigenvalue weighted by Gasteiger charge is -2.23. The average Bonchev–Trinajstić information content (AvgIpc) is 3.24. The summed E-state index contributed by atoms with van der Waals surface area (Å²) in [5, 5.41) is 12.2. The van der Waals surface area contributed by atoms with Crippen molar-refractivity contribution in [2.24, 2.45) is 0 Å². The Balaban J connectivity index is 1.56. The molecule has 2 amide bonds. The molecule has 1 aromatic heterocycles. The van der Waals surface area contributed by atoms with E-state index in [0.29, 0.717) is 6.54 Å². The number of benzene rings is 1. The second kappa shape index (κ2) is 7.28. The average molecular weight is 314 g/mol. The van der Waals surface area contributed by atoms with Crippen LogP contribution in [0.1, 0.15) is 24.0 Å². The molecule has 1 aromatic carbocycles. The molecule has 1 fully saturated rings. The van der Waals surface area contributed by atoms with Crippen LogP contribution < -0.4 is 5.32 Å². The Labute approximate surface area is 135 Å². The first-order valence-corrected chi connectivity index (χ1v) is 7.95. The number of likely N-dealkylation sites (tertiary alicyclic amines) is 1. The van der Waals surface area contributed by atoms with Gasteiger partial charge in [0.2, 0.25) is 0 Å². The van der Waals surface area contributed by atoms with Crippen LogP contribution in [-0.2, 0) is 13.1 Å². The smallest absolute Gasteiger partial charge is 0.317 e. The molecule has 1 saturated heterocycles. The van der Waals surface area contributed by atoms with Gasteiger partial charge < -0.3 is 19.9 Å². The largest absolute Gasteiger partial charge is 0.394 e. The zero-order chi connectivity index (χ0) is 16.1. The van der Waals surface area contributed by atoms with Crippen molar-refractivity contribution >= 4 is 6.03 Å². The number of aliphatic hydroxyl groups excluding tert-OH is 1. The molecule has 0 spiro atoms. The van der Waals surface area contributed by atoms with Gasteiger partial charge >= 0.3 is 6.03 Å². The van der Waals surface area contributed by atoms with Crippen LogP contribution in [0.3, 0.4) is 0 Å². The first-order valence-electron chi connectivity index (χ1n) is 7.95. The summed E-state index contributed by atoms with van der Waals surface area (Å²) in [6, 6.07) is 8.02. The lowest BCUT2D eigenvalue weighted by Crippen LogP contribution is -2.43. The van der Waals surface area contributed by atoms with Crippen LogP contribution in [-0.4, -0.2) is 44.8 Å². The van der Waals surface area contributed by atoms with E-state index < -0.39 is 0 Å². The van der Waals surface area contributed by atoms with E-state index >= 15 is 0 Å². The SMILES string of the molecule is O=C(NCc1cccc(Cn2ccnc2)c1)N1CCCC1CO. The molecular weight excluding hydrogens is 292 g/mol. The van der Waals surface area contributed by atoms with Gasteiger partial charge in [0.05, 0.1) is 19.0 Å². The van der Waals surface area contributed by atoms with E-state index in [1.54, 1.807) is 17.4 Å². The van der Waals surface area contributed by atoms with Gasteiger partial charge in [-0.25, -0.2) is 9.78 Å². The third-order valence-corrected chi connectivity index (χ3v) is 4.21. The molecule has 2 N–H and O–H groups in total. The Morgan fingerprint density at radius 3 is 3.04 bits per heavy atom. The quantitative estimate of drug-likeness (QED) is 0.880. The molecule has 0 radical (unpaired) electrons. The van der Waals surface area contributed by atoms with Gasteiger partial charge in [0.15, 0.2) is 0 Å². The summed E-state index contributed by atoms with van der Waals surface area (Å²) in [7, 11) is 0. The fraction of sp³-hybridized carbons (Fsp3) is 0.412. The van der Waals surface area contributed by atoms with E-state index in [2.05, 4.69) is 22.4 Å². The highest BCUT2D eigenvalue weighted by atomic mass is 16.3. The van der Waals surface area contributed by atoms with E-state index in [4.69, 9.17) is 0 Å². The van der Waals surface area contributed by atoms with Gasteiger partial charge in [0, 0.05) is 32.0 Å². The molecule has 122 valence electrons. The van der Waals surface area contributed by atoms with Crippen LogP contribution in [0, 0.1) is 0 Å². The minimum absolute atomic E-state index is 0.0355. The number of rotatable bonds is 5. The molecule has 1 aliphatic rings. The second-order valence-corrected chi connectivity index (χ2v) is 5.89. The number of hydrogen-bond acceptors (Lipinski definition) is 3. The first-order chi connectivity index (χ1) is 11.3. The molecule has 3 rings (SSSR count). The standard InChI is InChI=1S/C17H22N4O2/c22-12-16-5-2-7-21(16)17(23)19-10-14-3-1-4-15(9-14)11-20-8-6-18-13-20/h1,3-4,6,8-9,13,16,22H,2,5,7,10-12H2,(H,19,23). The maximum Gasteiger partial charge on any atom is 0.317 e. The van der Waals surface area contributed by atoms with Crippen molar-refractivity contribution in [1.29, 1.82) is 0 Å².